The maximum atomic E-state index is 12.6. The predicted octanol–water partition coefficient (Wildman–Crippen LogP) is 2.96. The number of rotatable bonds is 4. The Morgan fingerprint density at radius 1 is 1.15 bits per heavy atom. The largest absolute Gasteiger partial charge is 0.324 e. The number of fused-ring (bicyclic) bond motifs is 4. The second-order valence-electron chi connectivity index (χ2n) is 7.96. The van der Waals surface area contributed by atoms with Crippen LogP contribution in [0, 0.1) is 5.92 Å². The minimum Gasteiger partial charge on any atom is -0.323 e. The first-order valence-electron chi connectivity index (χ1n) is 10.0. The van der Waals surface area contributed by atoms with Crippen LogP contribution in [0.4, 0.5) is 10.5 Å². The Morgan fingerprint density at radius 3 is 2.73 bits per heavy atom. The normalized spacial score (nSPS) is 28.5. The summed E-state index contributed by atoms with van der Waals surface area (Å²) in [5.41, 5.74) is 2.19. The molecule has 4 fully saturated rings. The average molecular weight is 353 g/mol. The lowest BCUT2D eigenvalue weighted by molar-refractivity contribution is 0.0534. The molecule has 0 radical (unpaired) electrons. The summed E-state index contributed by atoms with van der Waals surface area (Å²) in [6.45, 7) is 8.17. The van der Waals surface area contributed by atoms with Gasteiger partial charge in [0.1, 0.15) is 0 Å². The molecule has 2 bridgehead atoms. The van der Waals surface area contributed by atoms with Gasteiger partial charge in [0, 0.05) is 37.3 Å². The van der Waals surface area contributed by atoms with Crippen LogP contribution in [0.1, 0.15) is 32.2 Å². The lowest BCUT2D eigenvalue weighted by Crippen LogP contribution is -2.48. The SMILES string of the molecule is CCCN1CCN(c2ccc3c(cnn3[C@@H]3CN4CCC3CC4)c2)C1=O. The Kier molecular flexibility index (Phi) is 3.89. The van der Waals surface area contributed by atoms with Crippen molar-refractivity contribution in [2.45, 2.75) is 32.2 Å². The van der Waals surface area contributed by atoms with Gasteiger partial charge in [0.25, 0.3) is 0 Å². The van der Waals surface area contributed by atoms with E-state index in [0.717, 1.165) is 49.6 Å². The van der Waals surface area contributed by atoms with Crippen LogP contribution < -0.4 is 4.90 Å². The van der Waals surface area contributed by atoms with E-state index in [2.05, 4.69) is 34.7 Å². The molecule has 4 saturated heterocycles. The van der Waals surface area contributed by atoms with E-state index >= 15 is 0 Å². The highest BCUT2D eigenvalue weighted by molar-refractivity contribution is 5.96. The summed E-state index contributed by atoms with van der Waals surface area (Å²) >= 11 is 0. The monoisotopic (exact) mass is 353 g/mol. The molecule has 0 spiro atoms. The molecule has 0 N–H and O–H groups in total. The van der Waals surface area contributed by atoms with Crippen molar-refractivity contribution in [1.29, 1.82) is 0 Å². The zero-order valence-electron chi connectivity index (χ0n) is 15.5. The number of urea groups is 1. The number of hydrogen-bond acceptors (Lipinski definition) is 3. The summed E-state index contributed by atoms with van der Waals surface area (Å²) < 4.78 is 2.24. The summed E-state index contributed by atoms with van der Waals surface area (Å²) in [6.07, 6.45) is 5.56. The average Bonchev–Trinajstić information content (AvgIpc) is 3.26. The van der Waals surface area contributed by atoms with Crippen molar-refractivity contribution in [3.05, 3.63) is 24.4 Å². The first-order valence-corrected chi connectivity index (χ1v) is 10.0. The second-order valence-corrected chi connectivity index (χ2v) is 7.96. The standard InChI is InChI=1S/C20H27N5O/c1-2-7-23-10-11-24(20(23)26)17-3-4-18-16(12-17)13-21-25(18)19-14-22-8-5-15(19)6-9-22/h3-4,12-13,15,19H,2,5-11,14H2,1H3/t19-/m1/s1. The summed E-state index contributed by atoms with van der Waals surface area (Å²) in [5.74, 6) is 0.755. The maximum absolute atomic E-state index is 12.6. The zero-order valence-corrected chi connectivity index (χ0v) is 15.5. The third-order valence-corrected chi connectivity index (χ3v) is 6.42. The Morgan fingerprint density at radius 2 is 2.00 bits per heavy atom. The number of carbonyl (C=O) groups is 1. The predicted molar refractivity (Wildman–Crippen MR) is 103 cm³/mol. The number of nitrogens with zero attached hydrogens (tertiary/aromatic N) is 5. The van der Waals surface area contributed by atoms with Gasteiger partial charge in [0.05, 0.1) is 17.8 Å². The highest BCUT2D eigenvalue weighted by atomic mass is 16.2. The van der Waals surface area contributed by atoms with Crippen molar-refractivity contribution in [2.75, 3.05) is 44.2 Å². The fourth-order valence-electron chi connectivity index (χ4n) is 4.98. The highest BCUT2D eigenvalue weighted by Gasteiger charge is 2.36. The van der Waals surface area contributed by atoms with Crippen molar-refractivity contribution in [3.8, 4) is 0 Å². The van der Waals surface area contributed by atoms with Gasteiger partial charge in [0.15, 0.2) is 0 Å². The van der Waals surface area contributed by atoms with Crippen molar-refractivity contribution in [3.63, 3.8) is 0 Å². The molecule has 0 saturated carbocycles. The molecule has 2 aromatic rings. The van der Waals surface area contributed by atoms with Crippen molar-refractivity contribution in [2.24, 2.45) is 5.92 Å². The maximum Gasteiger partial charge on any atom is 0.324 e. The van der Waals surface area contributed by atoms with E-state index in [-0.39, 0.29) is 6.03 Å². The van der Waals surface area contributed by atoms with E-state index in [0.29, 0.717) is 6.04 Å². The van der Waals surface area contributed by atoms with E-state index in [1.54, 1.807) is 0 Å². The van der Waals surface area contributed by atoms with Crippen LogP contribution in [0.15, 0.2) is 24.4 Å². The number of amides is 2. The first kappa shape index (κ1) is 16.1. The van der Waals surface area contributed by atoms with Crippen molar-refractivity contribution < 1.29 is 4.79 Å². The first-order chi connectivity index (χ1) is 12.7. The van der Waals surface area contributed by atoms with Gasteiger partial charge in [-0.2, -0.15) is 5.10 Å². The van der Waals surface area contributed by atoms with E-state index in [1.807, 2.05) is 16.0 Å². The summed E-state index contributed by atoms with van der Waals surface area (Å²) in [4.78, 5) is 19.0. The van der Waals surface area contributed by atoms with E-state index in [9.17, 15) is 4.79 Å². The second kappa shape index (κ2) is 6.27. The molecule has 5 heterocycles. The minimum atomic E-state index is 0.135. The lowest BCUT2D eigenvalue weighted by Gasteiger charge is -2.44. The molecule has 2 amide bonds. The van der Waals surface area contributed by atoms with Gasteiger partial charge in [-0.15, -0.1) is 0 Å². The minimum absolute atomic E-state index is 0.135. The zero-order chi connectivity index (χ0) is 17.7. The molecule has 0 aliphatic carbocycles. The number of carbonyl (C=O) groups excluding carboxylic acids is 1. The number of aromatic nitrogens is 2. The molecule has 4 aliphatic rings. The van der Waals surface area contributed by atoms with Crippen LogP contribution >= 0.6 is 0 Å². The van der Waals surface area contributed by atoms with Gasteiger partial charge in [-0.1, -0.05) is 6.92 Å². The summed E-state index contributed by atoms with van der Waals surface area (Å²) in [6, 6.07) is 7.01. The number of anilines is 1. The third-order valence-electron chi connectivity index (χ3n) is 6.42. The van der Waals surface area contributed by atoms with Gasteiger partial charge >= 0.3 is 6.03 Å². The lowest BCUT2D eigenvalue weighted by atomic mass is 9.84. The summed E-state index contributed by atoms with van der Waals surface area (Å²) in [7, 11) is 0. The highest BCUT2D eigenvalue weighted by Crippen LogP contribution is 2.37. The van der Waals surface area contributed by atoms with Crippen LogP contribution in [-0.2, 0) is 0 Å². The van der Waals surface area contributed by atoms with Crippen LogP contribution in [0.5, 0.6) is 0 Å². The van der Waals surface area contributed by atoms with Crippen molar-refractivity contribution in [1.82, 2.24) is 19.6 Å². The van der Waals surface area contributed by atoms with Crippen LogP contribution in [0.2, 0.25) is 0 Å². The van der Waals surface area contributed by atoms with E-state index < -0.39 is 0 Å². The molecule has 138 valence electrons. The smallest absolute Gasteiger partial charge is 0.323 e. The molecule has 0 unspecified atom stereocenters. The van der Waals surface area contributed by atoms with Crippen LogP contribution in [0.3, 0.4) is 0 Å². The van der Waals surface area contributed by atoms with Crippen molar-refractivity contribution >= 4 is 22.6 Å². The summed E-state index contributed by atoms with van der Waals surface area (Å²) in [5, 5.41) is 5.88. The number of benzene rings is 1. The molecule has 1 atom stereocenters. The molecule has 1 aromatic heterocycles. The van der Waals surface area contributed by atoms with E-state index in [4.69, 9.17) is 5.10 Å². The topological polar surface area (TPSA) is 44.6 Å². The Bertz CT molecular complexity index is 823. The molecule has 4 aliphatic heterocycles. The number of hydrogen-bond donors (Lipinski definition) is 0. The molecular weight excluding hydrogens is 326 g/mol. The van der Waals surface area contributed by atoms with Crippen LogP contribution in [0.25, 0.3) is 10.9 Å². The molecule has 26 heavy (non-hydrogen) atoms. The molecule has 6 rings (SSSR count). The Balaban J connectivity index is 1.43. The molecule has 6 nitrogen and oxygen atoms in total. The Hall–Kier alpha value is -2.08. The van der Waals surface area contributed by atoms with Gasteiger partial charge < -0.3 is 9.80 Å². The van der Waals surface area contributed by atoms with Gasteiger partial charge in [-0.3, -0.25) is 9.58 Å². The Labute approximate surface area is 154 Å². The van der Waals surface area contributed by atoms with Gasteiger partial charge in [-0.05, 0) is 56.5 Å². The fourth-order valence-corrected chi connectivity index (χ4v) is 4.98. The molecule has 6 heteroatoms. The van der Waals surface area contributed by atoms with E-state index in [1.165, 1.54) is 31.4 Å². The molecular formula is C20H27N5O. The molecule has 1 aromatic carbocycles. The quantitative estimate of drug-likeness (QED) is 0.849. The van der Waals surface area contributed by atoms with Gasteiger partial charge in [-0.25, -0.2) is 4.79 Å². The number of piperidine rings is 3. The fraction of sp³-hybridized carbons (Fsp3) is 0.600. The van der Waals surface area contributed by atoms with Crippen LogP contribution in [-0.4, -0.2) is 64.9 Å². The van der Waals surface area contributed by atoms with Gasteiger partial charge in [0.2, 0.25) is 0 Å². The third kappa shape index (κ3) is 2.50.